The highest BCUT2D eigenvalue weighted by Crippen LogP contribution is 2.08. The maximum Gasteiger partial charge on any atom is 0.241 e. The summed E-state index contributed by atoms with van der Waals surface area (Å²) in [6.07, 6.45) is 0. The molecular formula is C19H31N5O2. The van der Waals surface area contributed by atoms with Gasteiger partial charge in [0.25, 0.3) is 0 Å². The number of rotatable bonds is 8. The van der Waals surface area contributed by atoms with E-state index in [0.717, 1.165) is 45.2 Å². The quantitative estimate of drug-likeness (QED) is 0.402. The van der Waals surface area contributed by atoms with Crippen molar-refractivity contribution in [3.8, 4) is 0 Å². The molecular weight excluding hydrogens is 330 g/mol. The van der Waals surface area contributed by atoms with Gasteiger partial charge in [-0.3, -0.25) is 9.69 Å². The van der Waals surface area contributed by atoms with Gasteiger partial charge in [0.1, 0.15) is 6.54 Å². The topological polar surface area (TPSA) is 69.2 Å². The number of hydrogen-bond acceptors (Lipinski definition) is 4. The second kappa shape index (κ2) is 11.5. The average Bonchev–Trinajstić information content (AvgIpc) is 2.67. The van der Waals surface area contributed by atoms with Crippen LogP contribution in [-0.2, 0) is 16.1 Å². The number of ether oxygens (including phenoxy) is 1. The lowest BCUT2D eigenvalue weighted by atomic mass is 10.2. The number of hydrogen-bond donors (Lipinski definition) is 2. The highest BCUT2D eigenvalue weighted by molar-refractivity contribution is 5.85. The Labute approximate surface area is 156 Å². The van der Waals surface area contributed by atoms with Crippen molar-refractivity contribution >= 4 is 11.9 Å². The van der Waals surface area contributed by atoms with Crippen LogP contribution in [0.2, 0.25) is 0 Å². The maximum atomic E-state index is 11.8. The van der Waals surface area contributed by atoms with Gasteiger partial charge in [-0.25, -0.2) is 4.99 Å². The number of benzene rings is 1. The molecule has 7 nitrogen and oxygen atoms in total. The minimum absolute atomic E-state index is 0.0832. The molecule has 0 unspecified atom stereocenters. The molecule has 1 saturated heterocycles. The van der Waals surface area contributed by atoms with Crippen LogP contribution in [0.1, 0.15) is 12.5 Å². The van der Waals surface area contributed by atoms with Gasteiger partial charge in [-0.15, -0.1) is 0 Å². The summed E-state index contributed by atoms with van der Waals surface area (Å²) in [7, 11) is 1.62. The molecule has 1 aliphatic heterocycles. The summed E-state index contributed by atoms with van der Waals surface area (Å²) in [6, 6.07) is 10.5. The molecule has 0 radical (unpaired) electrons. The number of nitrogens with zero attached hydrogens (tertiary/aromatic N) is 3. The molecule has 1 fully saturated rings. The van der Waals surface area contributed by atoms with Crippen LogP contribution in [0.25, 0.3) is 0 Å². The normalized spacial score (nSPS) is 15.8. The van der Waals surface area contributed by atoms with Gasteiger partial charge in [-0.05, 0) is 12.5 Å². The number of nitrogens with one attached hydrogen (secondary N) is 2. The third kappa shape index (κ3) is 7.01. The smallest absolute Gasteiger partial charge is 0.241 e. The minimum Gasteiger partial charge on any atom is -0.383 e. The van der Waals surface area contributed by atoms with Gasteiger partial charge in [-0.2, -0.15) is 0 Å². The molecule has 2 N–H and O–H groups in total. The molecule has 1 aromatic rings. The van der Waals surface area contributed by atoms with Crippen molar-refractivity contribution in [3.05, 3.63) is 35.9 Å². The Kier molecular flexibility index (Phi) is 8.92. The van der Waals surface area contributed by atoms with Crippen molar-refractivity contribution in [1.82, 2.24) is 20.4 Å². The lowest BCUT2D eigenvalue weighted by molar-refractivity contribution is -0.119. The Morgan fingerprint density at radius 3 is 2.54 bits per heavy atom. The number of methoxy groups -OCH3 is 1. The molecule has 2 rings (SSSR count). The molecule has 7 heteroatoms. The van der Waals surface area contributed by atoms with E-state index in [-0.39, 0.29) is 12.5 Å². The van der Waals surface area contributed by atoms with Crippen LogP contribution < -0.4 is 10.6 Å². The standard InChI is InChI=1S/C19H31N5O2/c1-3-20-19(22-15-18(25)21-9-14-26-2)24-12-10-23(11-13-24)16-17-7-5-4-6-8-17/h4-8H,3,9-16H2,1-2H3,(H,20,22)(H,21,25). The van der Waals surface area contributed by atoms with E-state index in [1.165, 1.54) is 5.56 Å². The van der Waals surface area contributed by atoms with E-state index >= 15 is 0 Å². The third-order valence-electron chi connectivity index (χ3n) is 4.26. The van der Waals surface area contributed by atoms with Crippen LogP contribution in [0.4, 0.5) is 0 Å². The average molecular weight is 361 g/mol. The SMILES string of the molecule is CCNC(=NCC(=O)NCCOC)N1CCN(Cc2ccccc2)CC1. The summed E-state index contributed by atoms with van der Waals surface area (Å²) in [6.45, 7) is 8.75. The molecule has 26 heavy (non-hydrogen) atoms. The Hall–Kier alpha value is -2.12. The van der Waals surface area contributed by atoms with Crippen molar-refractivity contribution in [1.29, 1.82) is 0 Å². The van der Waals surface area contributed by atoms with Crippen molar-refractivity contribution in [2.45, 2.75) is 13.5 Å². The first-order valence-corrected chi connectivity index (χ1v) is 9.28. The minimum atomic E-state index is -0.0832. The third-order valence-corrected chi connectivity index (χ3v) is 4.26. The molecule has 0 atom stereocenters. The fourth-order valence-corrected chi connectivity index (χ4v) is 2.88. The zero-order valence-corrected chi connectivity index (χ0v) is 15.9. The maximum absolute atomic E-state index is 11.8. The van der Waals surface area contributed by atoms with Crippen molar-refractivity contribution in [2.24, 2.45) is 4.99 Å². The lowest BCUT2D eigenvalue weighted by Gasteiger charge is -2.36. The molecule has 0 bridgehead atoms. The van der Waals surface area contributed by atoms with Gasteiger partial charge in [0, 0.05) is 52.9 Å². The van der Waals surface area contributed by atoms with Gasteiger partial charge in [-0.1, -0.05) is 30.3 Å². The Morgan fingerprint density at radius 2 is 1.88 bits per heavy atom. The molecule has 1 aliphatic rings. The molecule has 1 aromatic carbocycles. The molecule has 0 aromatic heterocycles. The predicted molar refractivity (Wildman–Crippen MR) is 104 cm³/mol. The van der Waals surface area contributed by atoms with E-state index in [1.807, 2.05) is 13.0 Å². The summed E-state index contributed by atoms with van der Waals surface area (Å²) in [5.41, 5.74) is 1.34. The van der Waals surface area contributed by atoms with Crippen LogP contribution in [-0.4, -0.2) is 81.2 Å². The lowest BCUT2D eigenvalue weighted by Crippen LogP contribution is -2.52. The van der Waals surface area contributed by atoms with Crippen molar-refractivity contribution in [2.75, 3.05) is 59.5 Å². The van der Waals surface area contributed by atoms with E-state index in [2.05, 4.69) is 49.7 Å². The van der Waals surface area contributed by atoms with Gasteiger partial charge in [0.2, 0.25) is 5.91 Å². The van der Waals surface area contributed by atoms with E-state index in [4.69, 9.17) is 4.74 Å². The van der Waals surface area contributed by atoms with Gasteiger partial charge < -0.3 is 20.3 Å². The summed E-state index contributed by atoms with van der Waals surface area (Å²) < 4.78 is 4.93. The zero-order chi connectivity index (χ0) is 18.6. The van der Waals surface area contributed by atoms with Crippen molar-refractivity contribution in [3.63, 3.8) is 0 Å². The van der Waals surface area contributed by atoms with Gasteiger partial charge >= 0.3 is 0 Å². The van der Waals surface area contributed by atoms with Crippen LogP contribution in [0.5, 0.6) is 0 Å². The Bertz CT molecular complexity index is 556. The molecule has 0 spiro atoms. The monoisotopic (exact) mass is 361 g/mol. The van der Waals surface area contributed by atoms with Crippen LogP contribution in [0, 0.1) is 0 Å². The summed E-state index contributed by atoms with van der Waals surface area (Å²) >= 11 is 0. The molecule has 0 aliphatic carbocycles. The summed E-state index contributed by atoms with van der Waals surface area (Å²) in [5, 5.41) is 6.08. The number of carbonyl (C=O) groups excluding carboxylic acids is 1. The van der Waals surface area contributed by atoms with E-state index < -0.39 is 0 Å². The number of aliphatic imine (C=N–C) groups is 1. The number of carbonyl (C=O) groups is 1. The first-order chi connectivity index (χ1) is 12.7. The Balaban J connectivity index is 1.81. The number of guanidine groups is 1. The molecule has 0 saturated carbocycles. The van der Waals surface area contributed by atoms with E-state index in [1.54, 1.807) is 7.11 Å². The summed E-state index contributed by atoms with van der Waals surface area (Å²) in [5.74, 6) is 0.730. The molecule has 1 heterocycles. The highest BCUT2D eigenvalue weighted by Gasteiger charge is 2.19. The molecule has 144 valence electrons. The number of piperazine rings is 1. The fraction of sp³-hybridized carbons (Fsp3) is 0.579. The van der Waals surface area contributed by atoms with E-state index in [0.29, 0.717) is 13.2 Å². The second-order valence-corrected chi connectivity index (χ2v) is 6.26. The zero-order valence-electron chi connectivity index (χ0n) is 15.9. The van der Waals surface area contributed by atoms with Crippen LogP contribution in [0.15, 0.2) is 35.3 Å². The van der Waals surface area contributed by atoms with Crippen molar-refractivity contribution < 1.29 is 9.53 Å². The van der Waals surface area contributed by atoms with Gasteiger partial charge in [0.05, 0.1) is 6.61 Å². The summed E-state index contributed by atoms with van der Waals surface area (Å²) in [4.78, 5) is 21.0. The highest BCUT2D eigenvalue weighted by atomic mass is 16.5. The van der Waals surface area contributed by atoms with Gasteiger partial charge in [0.15, 0.2) is 5.96 Å². The first kappa shape index (κ1) is 20.2. The fourth-order valence-electron chi connectivity index (χ4n) is 2.88. The van der Waals surface area contributed by atoms with Crippen LogP contribution >= 0.6 is 0 Å². The van der Waals surface area contributed by atoms with Crippen LogP contribution in [0.3, 0.4) is 0 Å². The Morgan fingerprint density at radius 1 is 1.15 bits per heavy atom. The van der Waals surface area contributed by atoms with E-state index in [9.17, 15) is 4.79 Å². The molecule has 1 amide bonds. The largest absolute Gasteiger partial charge is 0.383 e. The number of amides is 1. The second-order valence-electron chi connectivity index (χ2n) is 6.26. The predicted octanol–water partition coefficient (Wildman–Crippen LogP) is 0.532. The first-order valence-electron chi connectivity index (χ1n) is 9.28.